The number of likely N-dealkylation sites (tertiary alicyclic amines) is 1. The number of nitrogens with one attached hydrogen (secondary N) is 1. The van der Waals surface area contributed by atoms with Crippen LogP contribution in [0.5, 0.6) is 0 Å². The molecular formula is C14H20N6O. The third-order valence-corrected chi connectivity index (χ3v) is 4.10. The molecule has 2 aromatic heterocycles. The van der Waals surface area contributed by atoms with Crippen molar-refractivity contribution in [1.82, 2.24) is 29.9 Å². The largest absolute Gasteiger partial charge is 0.342 e. The number of piperidine rings is 1. The summed E-state index contributed by atoms with van der Waals surface area (Å²) in [7, 11) is 1.90. The van der Waals surface area contributed by atoms with E-state index in [0.29, 0.717) is 18.8 Å². The second kappa shape index (κ2) is 6.07. The molecule has 0 radical (unpaired) electrons. The van der Waals surface area contributed by atoms with Crippen molar-refractivity contribution in [3.8, 4) is 0 Å². The van der Waals surface area contributed by atoms with Crippen LogP contribution in [-0.4, -0.2) is 48.9 Å². The summed E-state index contributed by atoms with van der Waals surface area (Å²) in [5.41, 5.74) is 1.13. The Bertz CT molecular complexity index is 590. The number of aromatic amines is 1. The average Bonchev–Trinajstić information content (AvgIpc) is 3.16. The zero-order valence-corrected chi connectivity index (χ0v) is 12.2. The highest BCUT2D eigenvalue weighted by Crippen LogP contribution is 2.25. The number of nitrogens with zero attached hydrogens (tertiary/aromatic N) is 5. The van der Waals surface area contributed by atoms with Crippen molar-refractivity contribution in [2.45, 2.75) is 31.6 Å². The van der Waals surface area contributed by atoms with E-state index in [0.717, 1.165) is 37.4 Å². The summed E-state index contributed by atoms with van der Waals surface area (Å²) in [6.07, 6.45) is 6.70. The van der Waals surface area contributed by atoms with Crippen LogP contribution in [0.1, 0.15) is 36.7 Å². The van der Waals surface area contributed by atoms with Crippen molar-refractivity contribution >= 4 is 5.91 Å². The van der Waals surface area contributed by atoms with Crippen LogP contribution in [0, 0.1) is 0 Å². The van der Waals surface area contributed by atoms with Crippen LogP contribution in [0.3, 0.4) is 0 Å². The van der Waals surface area contributed by atoms with E-state index in [4.69, 9.17) is 0 Å². The van der Waals surface area contributed by atoms with E-state index < -0.39 is 0 Å². The van der Waals surface area contributed by atoms with Crippen LogP contribution in [0.2, 0.25) is 0 Å². The highest BCUT2D eigenvalue weighted by atomic mass is 16.2. The molecule has 7 nitrogen and oxygen atoms in total. The summed E-state index contributed by atoms with van der Waals surface area (Å²) in [6.45, 7) is 1.63. The Morgan fingerprint density at radius 3 is 3.14 bits per heavy atom. The van der Waals surface area contributed by atoms with E-state index in [1.807, 2.05) is 22.6 Å². The number of carbonyl (C=O) groups is 1. The quantitative estimate of drug-likeness (QED) is 0.905. The van der Waals surface area contributed by atoms with Gasteiger partial charge in [0.1, 0.15) is 12.2 Å². The van der Waals surface area contributed by atoms with E-state index in [-0.39, 0.29) is 5.91 Å². The molecule has 1 N–H and O–H groups in total. The molecule has 0 aliphatic carbocycles. The summed E-state index contributed by atoms with van der Waals surface area (Å²) < 4.78 is 1.86. The van der Waals surface area contributed by atoms with Crippen molar-refractivity contribution in [3.05, 3.63) is 30.1 Å². The number of hydrogen-bond donors (Lipinski definition) is 1. The Morgan fingerprint density at radius 1 is 1.52 bits per heavy atom. The zero-order valence-electron chi connectivity index (χ0n) is 12.2. The molecule has 1 amide bonds. The lowest BCUT2D eigenvalue weighted by atomic mass is 9.94. The zero-order chi connectivity index (χ0) is 14.7. The highest BCUT2D eigenvalue weighted by Gasteiger charge is 2.25. The van der Waals surface area contributed by atoms with E-state index in [1.54, 1.807) is 12.5 Å². The van der Waals surface area contributed by atoms with E-state index >= 15 is 0 Å². The highest BCUT2D eigenvalue weighted by molar-refractivity contribution is 5.76. The molecule has 21 heavy (non-hydrogen) atoms. The Labute approximate surface area is 123 Å². The number of amides is 1. The molecule has 3 rings (SSSR count). The van der Waals surface area contributed by atoms with Crippen LogP contribution in [0.15, 0.2) is 18.6 Å². The van der Waals surface area contributed by atoms with Gasteiger partial charge in [-0.05, 0) is 18.9 Å². The Hall–Kier alpha value is -2.18. The number of hydrogen-bond acceptors (Lipinski definition) is 4. The first-order valence-electron chi connectivity index (χ1n) is 7.34. The lowest BCUT2D eigenvalue weighted by molar-refractivity contribution is -0.132. The molecule has 0 bridgehead atoms. The predicted octanol–water partition coefficient (Wildman–Crippen LogP) is 0.877. The third-order valence-electron chi connectivity index (χ3n) is 4.10. The summed E-state index contributed by atoms with van der Waals surface area (Å²) in [6, 6.07) is 2.00. The van der Waals surface area contributed by atoms with Gasteiger partial charge in [0.2, 0.25) is 5.91 Å². The molecule has 1 unspecified atom stereocenters. The first-order chi connectivity index (χ1) is 10.2. The Morgan fingerprint density at radius 2 is 2.43 bits per heavy atom. The first kappa shape index (κ1) is 13.8. The molecule has 1 fully saturated rings. The predicted molar refractivity (Wildman–Crippen MR) is 76.5 cm³/mol. The fraction of sp³-hybridized carbons (Fsp3) is 0.571. The molecule has 1 aliphatic heterocycles. The van der Waals surface area contributed by atoms with Gasteiger partial charge in [0.25, 0.3) is 0 Å². The fourth-order valence-electron chi connectivity index (χ4n) is 2.86. The lowest BCUT2D eigenvalue weighted by Gasteiger charge is -2.32. The maximum Gasteiger partial charge on any atom is 0.223 e. The van der Waals surface area contributed by atoms with Crippen LogP contribution in [0.25, 0.3) is 0 Å². The molecule has 1 aliphatic rings. The minimum atomic E-state index is 0.196. The minimum absolute atomic E-state index is 0.196. The van der Waals surface area contributed by atoms with Crippen LogP contribution >= 0.6 is 0 Å². The first-order valence-corrected chi connectivity index (χ1v) is 7.34. The number of aromatic nitrogens is 5. The van der Waals surface area contributed by atoms with Gasteiger partial charge in [0.05, 0.1) is 0 Å². The molecule has 112 valence electrons. The molecule has 1 atom stereocenters. The number of carbonyl (C=O) groups excluding carboxylic acids is 1. The van der Waals surface area contributed by atoms with Crippen molar-refractivity contribution in [3.63, 3.8) is 0 Å². The van der Waals surface area contributed by atoms with Gasteiger partial charge in [0.15, 0.2) is 0 Å². The molecule has 0 aromatic carbocycles. The smallest absolute Gasteiger partial charge is 0.223 e. The molecule has 1 saturated heterocycles. The molecule has 7 heteroatoms. The van der Waals surface area contributed by atoms with Gasteiger partial charge < -0.3 is 9.47 Å². The van der Waals surface area contributed by atoms with Gasteiger partial charge in [0, 0.05) is 50.8 Å². The van der Waals surface area contributed by atoms with E-state index in [1.165, 1.54) is 0 Å². The number of aryl methyl sites for hydroxylation is 2. The van der Waals surface area contributed by atoms with E-state index in [9.17, 15) is 4.79 Å². The Balaban J connectivity index is 1.56. The van der Waals surface area contributed by atoms with Crippen LogP contribution < -0.4 is 0 Å². The number of H-pyrrole nitrogens is 1. The number of rotatable bonds is 4. The second-order valence-corrected chi connectivity index (χ2v) is 5.55. The third kappa shape index (κ3) is 3.12. The van der Waals surface area contributed by atoms with Gasteiger partial charge in [-0.3, -0.25) is 9.89 Å². The Kier molecular flexibility index (Phi) is 3.98. The summed E-state index contributed by atoms with van der Waals surface area (Å²) in [5, 5.41) is 14.9. The SMILES string of the molecule is Cn1cnnc1CCC(=O)N1CCCC(c2ccn[nH]2)C1. The summed E-state index contributed by atoms with van der Waals surface area (Å²) in [4.78, 5) is 14.3. The fourth-order valence-corrected chi connectivity index (χ4v) is 2.86. The maximum absolute atomic E-state index is 12.4. The molecule has 3 heterocycles. The average molecular weight is 288 g/mol. The molecular weight excluding hydrogens is 268 g/mol. The maximum atomic E-state index is 12.4. The van der Waals surface area contributed by atoms with Crippen molar-refractivity contribution in [2.24, 2.45) is 7.05 Å². The van der Waals surface area contributed by atoms with Crippen LogP contribution in [0.4, 0.5) is 0 Å². The van der Waals surface area contributed by atoms with Gasteiger partial charge in [-0.25, -0.2) is 0 Å². The standard InChI is InChI=1S/C14H20N6O/c1-19-10-16-18-13(19)4-5-14(21)20-8-2-3-11(9-20)12-6-7-15-17-12/h6-7,10-11H,2-5,8-9H2,1H3,(H,15,17). The summed E-state index contributed by atoms with van der Waals surface area (Å²) >= 11 is 0. The van der Waals surface area contributed by atoms with Gasteiger partial charge in [-0.2, -0.15) is 5.10 Å². The second-order valence-electron chi connectivity index (χ2n) is 5.55. The van der Waals surface area contributed by atoms with Crippen LogP contribution in [-0.2, 0) is 18.3 Å². The van der Waals surface area contributed by atoms with Crippen molar-refractivity contribution in [1.29, 1.82) is 0 Å². The topological polar surface area (TPSA) is 79.7 Å². The molecule has 0 spiro atoms. The van der Waals surface area contributed by atoms with Crippen molar-refractivity contribution < 1.29 is 4.79 Å². The monoisotopic (exact) mass is 288 g/mol. The van der Waals surface area contributed by atoms with Gasteiger partial charge in [-0.1, -0.05) is 0 Å². The summed E-state index contributed by atoms with van der Waals surface area (Å²) in [5.74, 6) is 1.42. The molecule has 2 aromatic rings. The minimum Gasteiger partial charge on any atom is -0.342 e. The van der Waals surface area contributed by atoms with Crippen molar-refractivity contribution in [2.75, 3.05) is 13.1 Å². The van der Waals surface area contributed by atoms with Gasteiger partial charge in [-0.15, -0.1) is 10.2 Å². The van der Waals surface area contributed by atoms with Gasteiger partial charge >= 0.3 is 0 Å². The molecule has 0 saturated carbocycles. The van der Waals surface area contributed by atoms with E-state index in [2.05, 4.69) is 20.4 Å². The normalized spacial score (nSPS) is 18.9. The lowest BCUT2D eigenvalue weighted by Crippen LogP contribution is -2.39.